The molecule has 6 heteroatoms. The van der Waals surface area contributed by atoms with E-state index in [1.54, 1.807) is 28.6 Å². The third-order valence-corrected chi connectivity index (χ3v) is 4.35. The monoisotopic (exact) mass is 308 g/mol. The van der Waals surface area contributed by atoms with Crippen molar-refractivity contribution >= 4 is 17.5 Å². The highest BCUT2D eigenvalue weighted by molar-refractivity contribution is 7.99. The zero-order chi connectivity index (χ0) is 14.9. The number of phenolic OH excluding ortho intramolecular Hbond substituents is 1. The topological polar surface area (TPSA) is 63.3 Å². The van der Waals surface area contributed by atoms with Crippen LogP contribution in [0.5, 0.6) is 5.75 Å². The van der Waals surface area contributed by atoms with Gasteiger partial charge in [-0.2, -0.15) is 9.78 Å². The van der Waals surface area contributed by atoms with E-state index < -0.39 is 0 Å². The lowest BCUT2D eigenvalue weighted by Gasteiger charge is -2.14. The second-order valence-corrected chi connectivity index (χ2v) is 5.78. The van der Waals surface area contributed by atoms with Crippen LogP contribution in [0, 0.1) is 0 Å². The summed E-state index contributed by atoms with van der Waals surface area (Å²) in [4.78, 5) is 0. The van der Waals surface area contributed by atoms with E-state index in [9.17, 15) is 5.11 Å². The molecule has 0 unspecified atom stereocenters. The molecule has 2 aromatic carbocycles. The summed E-state index contributed by atoms with van der Waals surface area (Å²) in [5.74, 6) is 1.60. The van der Waals surface area contributed by atoms with Crippen molar-refractivity contribution in [2.75, 3.05) is 5.75 Å². The zero-order valence-electron chi connectivity index (χ0n) is 11.5. The third kappa shape index (κ3) is 2.17. The first-order valence-corrected chi connectivity index (χ1v) is 7.81. The second-order valence-electron chi connectivity index (χ2n) is 4.84. The minimum Gasteiger partial charge on any atom is -0.507 e. The third-order valence-electron chi connectivity index (χ3n) is 3.42. The quantitative estimate of drug-likeness (QED) is 0.790. The van der Waals surface area contributed by atoms with E-state index in [1.165, 1.54) is 0 Å². The average Bonchev–Trinajstić information content (AvgIpc) is 2.99. The fraction of sp³-hybridized carbons (Fsp3) is 0.0625. The molecule has 108 valence electrons. The lowest BCUT2D eigenvalue weighted by atomic mass is 10.1. The maximum absolute atomic E-state index is 10.0. The Morgan fingerprint density at radius 2 is 1.73 bits per heavy atom. The highest BCUT2D eigenvalue weighted by Gasteiger charge is 2.21. The molecule has 1 aliphatic heterocycles. The van der Waals surface area contributed by atoms with Crippen molar-refractivity contribution in [3.8, 4) is 17.1 Å². The van der Waals surface area contributed by atoms with Gasteiger partial charge in [-0.15, -0.1) is 10.2 Å². The van der Waals surface area contributed by atoms with Gasteiger partial charge in [0, 0.05) is 16.9 Å². The first kappa shape index (κ1) is 13.1. The summed E-state index contributed by atoms with van der Waals surface area (Å²) in [6.45, 7) is 0. The molecule has 22 heavy (non-hydrogen) atoms. The SMILES string of the molecule is Oc1ccccc1C1=Nn2c(nnc2-c2ccccc2)SC1. The van der Waals surface area contributed by atoms with Gasteiger partial charge in [-0.3, -0.25) is 0 Å². The number of hydrogen-bond acceptors (Lipinski definition) is 5. The maximum atomic E-state index is 10.0. The number of aromatic nitrogens is 3. The van der Waals surface area contributed by atoms with Gasteiger partial charge in [0.2, 0.25) is 5.16 Å². The van der Waals surface area contributed by atoms with E-state index in [4.69, 9.17) is 0 Å². The number of phenols is 1. The van der Waals surface area contributed by atoms with E-state index in [-0.39, 0.29) is 5.75 Å². The molecule has 1 aromatic heterocycles. The summed E-state index contributed by atoms with van der Waals surface area (Å²) in [6.07, 6.45) is 0. The first-order valence-electron chi connectivity index (χ1n) is 6.83. The van der Waals surface area contributed by atoms with Crippen LogP contribution in [0.2, 0.25) is 0 Å². The van der Waals surface area contributed by atoms with E-state index in [0.29, 0.717) is 11.6 Å². The molecular weight excluding hydrogens is 296 g/mol. The fourth-order valence-corrected chi connectivity index (χ4v) is 3.17. The van der Waals surface area contributed by atoms with Gasteiger partial charge in [-0.1, -0.05) is 54.2 Å². The van der Waals surface area contributed by atoms with E-state index in [0.717, 1.165) is 22.0 Å². The van der Waals surface area contributed by atoms with Crippen molar-refractivity contribution in [1.29, 1.82) is 0 Å². The fourth-order valence-electron chi connectivity index (χ4n) is 2.34. The highest BCUT2D eigenvalue weighted by Crippen LogP contribution is 2.30. The summed E-state index contributed by atoms with van der Waals surface area (Å²) in [7, 11) is 0. The Balaban J connectivity index is 1.83. The number of benzene rings is 2. The molecule has 2 heterocycles. The summed E-state index contributed by atoms with van der Waals surface area (Å²) in [5.41, 5.74) is 2.52. The van der Waals surface area contributed by atoms with Crippen molar-refractivity contribution in [2.24, 2.45) is 5.10 Å². The van der Waals surface area contributed by atoms with Gasteiger partial charge in [0.15, 0.2) is 5.82 Å². The van der Waals surface area contributed by atoms with Crippen LogP contribution in [0.15, 0.2) is 64.9 Å². The number of nitrogens with zero attached hydrogens (tertiary/aromatic N) is 4. The average molecular weight is 308 g/mol. The normalized spacial score (nSPS) is 13.5. The molecule has 0 spiro atoms. The van der Waals surface area contributed by atoms with Gasteiger partial charge in [-0.25, -0.2) is 0 Å². The molecule has 1 N–H and O–H groups in total. The zero-order valence-corrected chi connectivity index (χ0v) is 12.4. The molecule has 0 amide bonds. The molecule has 4 rings (SSSR count). The van der Waals surface area contributed by atoms with Gasteiger partial charge in [0.25, 0.3) is 0 Å². The van der Waals surface area contributed by atoms with E-state index in [2.05, 4.69) is 15.3 Å². The van der Waals surface area contributed by atoms with Crippen molar-refractivity contribution in [3.05, 3.63) is 60.2 Å². The van der Waals surface area contributed by atoms with E-state index >= 15 is 0 Å². The van der Waals surface area contributed by atoms with E-state index in [1.807, 2.05) is 42.5 Å². The van der Waals surface area contributed by atoms with Crippen LogP contribution >= 0.6 is 11.8 Å². The molecular formula is C16H12N4OS. The van der Waals surface area contributed by atoms with Crippen LogP contribution in [0.25, 0.3) is 11.4 Å². The second kappa shape index (κ2) is 5.31. The van der Waals surface area contributed by atoms with Crippen LogP contribution in [0.3, 0.4) is 0 Å². The Bertz CT molecular complexity index is 858. The van der Waals surface area contributed by atoms with Gasteiger partial charge in [0.1, 0.15) is 5.75 Å². The number of thioether (sulfide) groups is 1. The molecule has 0 fully saturated rings. The maximum Gasteiger partial charge on any atom is 0.212 e. The summed E-state index contributed by atoms with van der Waals surface area (Å²) < 4.78 is 1.74. The minimum atomic E-state index is 0.236. The smallest absolute Gasteiger partial charge is 0.212 e. The van der Waals surface area contributed by atoms with Crippen LogP contribution < -0.4 is 0 Å². The molecule has 0 saturated carbocycles. The molecule has 0 aliphatic carbocycles. The van der Waals surface area contributed by atoms with Crippen LogP contribution in [-0.2, 0) is 0 Å². The van der Waals surface area contributed by atoms with Gasteiger partial charge in [-0.05, 0) is 12.1 Å². The molecule has 0 atom stereocenters. The van der Waals surface area contributed by atoms with Gasteiger partial charge in [0.05, 0.1) is 5.71 Å². The van der Waals surface area contributed by atoms with Crippen LogP contribution in [0.1, 0.15) is 5.56 Å². The standard InChI is InChI=1S/C16H12N4OS/c21-14-9-5-4-8-12(14)13-10-22-16-18-17-15(20(16)19-13)11-6-2-1-3-7-11/h1-9,21H,10H2. The number of para-hydroxylation sites is 1. The first-order chi connectivity index (χ1) is 10.8. The summed E-state index contributed by atoms with van der Waals surface area (Å²) in [5, 5.41) is 23.9. The van der Waals surface area contributed by atoms with Crippen molar-refractivity contribution in [1.82, 2.24) is 14.9 Å². The minimum absolute atomic E-state index is 0.236. The van der Waals surface area contributed by atoms with Crippen LogP contribution in [-0.4, -0.2) is 31.4 Å². The van der Waals surface area contributed by atoms with Gasteiger partial charge >= 0.3 is 0 Å². The Kier molecular flexibility index (Phi) is 3.16. The Hall–Kier alpha value is -2.60. The number of hydrogen-bond donors (Lipinski definition) is 1. The molecule has 1 aliphatic rings. The number of fused-ring (bicyclic) bond motifs is 1. The molecule has 3 aromatic rings. The predicted octanol–water partition coefficient (Wildman–Crippen LogP) is 3.01. The van der Waals surface area contributed by atoms with Crippen molar-refractivity contribution in [2.45, 2.75) is 5.16 Å². The Morgan fingerprint density at radius 1 is 0.955 bits per heavy atom. The number of aromatic hydroxyl groups is 1. The molecule has 5 nitrogen and oxygen atoms in total. The van der Waals surface area contributed by atoms with Gasteiger partial charge < -0.3 is 5.11 Å². The Labute approximate surface area is 131 Å². The molecule has 0 saturated heterocycles. The highest BCUT2D eigenvalue weighted by atomic mass is 32.2. The predicted molar refractivity (Wildman–Crippen MR) is 86.2 cm³/mol. The lowest BCUT2D eigenvalue weighted by Crippen LogP contribution is -2.13. The largest absolute Gasteiger partial charge is 0.507 e. The van der Waals surface area contributed by atoms with Crippen LogP contribution in [0.4, 0.5) is 0 Å². The lowest BCUT2D eigenvalue weighted by molar-refractivity contribution is 0.474. The van der Waals surface area contributed by atoms with Crippen molar-refractivity contribution < 1.29 is 5.11 Å². The Morgan fingerprint density at radius 3 is 2.55 bits per heavy atom. The van der Waals surface area contributed by atoms with Crippen molar-refractivity contribution in [3.63, 3.8) is 0 Å². The number of rotatable bonds is 2. The molecule has 0 bridgehead atoms. The molecule has 0 radical (unpaired) electrons. The summed E-state index contributed by atoms with van der Waals surface area (Å²) in [6, 6.07) is 17.1. The summed E-state index contributed by atoms with van der Waals surface area (Å²) >= 11 is 1.56.